The molecule has 0 bridgehead atoms. The molecule has 0 aliphatic heterocycles. The SMILES string of the molecule is CCC(C)NC(=O)C(CC)N(Cc1cccc(OC)c1)C(=O)Cc1ccccc1C. The lowest BCUT2D eigenvalue weighted by Gasteiger charge is -2.31. The molecule has 5 heteroatoms. The number of aryl methyl sites for hydroxylation is 1. The number of benzene rings is 2. The van der Waals surface area contributed by atoms with Crippen molar-refractivity contribution in [2.24, 2.45) is 0 Å². The maximum absolute atomic E-state index is 13.4. The van der Waals surface area contributed by atoms with Crippen LogP contribution in [-0.2, 0) is 22.6 Å². The van der Waals surface area contributed by atoms with Gasteiger partial charge < -0.3 is 15.0 Å². The summed E-state index contributed by atoms with van der Waals surface area (Å²) in [6, 6.07) is 15.1. The second kappa shape index (κ2) is 11.4. The predicted octanol–water partition coefficient (Wildman–Crippen LogP) is 4.27. The number of hydrogen-bond acceptors (Lipinski definition) is 3. The zero-order valence-electron chi connectivity index (χ0n) is 18.8. The first-order valence-electron chi connectivity index (χ1n) is 10.7. The second-order valence-corrected chi connectivity index (χ2v) is 7.72. The Kier molecular flexibility index (Phi) is 8.90. The van der Waals surface area contributed by atoms with Gasteiger partial charge in [-0.1, -0.05) is 50.2 Å². The molecule has 0 saturated heterocycles. The van der Waals surface area contributed by atoms with Crippen LogP contribution in [0.15, 0.2) is 48.5 Å². The van der Waals surface area contributed by atoms with Gasteiger partial charge in [0, 0.05) is 12.6 Å². The zero-order chi connectivity index (χ0) is 22.1. The van der Waals surface area contributed by atoms with Crippen molar-refractivity contribution in [1.29, 1.82) is 0 Å². The summed E-state index contributed by atoms with van der Waals surface area (Å²) >= 11 is 0. The molecular weight excluding hydrogens is 376 g/mol. The fraction of sp³-hybridized carbons (Fsp3) is 0.440. The third kappa shape index (κ3) is 6.34. The van der Waals surface area contributed by atoms with Crippen LogP contribution in [0, 0.1) is 6.92 Å². The van der Waals surface area contributed by atoms with Crippen molar-refractivity contribution < 1.29 is 14.3 Å². The largest absolute Gasteiger partial charge is 0.497 e. The van der Waals surface area contributed by atoms with Crippen LogP contribution in [0.1, 0.15) is 50.3 Å². The number of carbonyl (C=O) groups excluding carboxylic acids is 2. The molecule has 2 aromatic carbocycles. The summed E-state index contributed by atoms with van der Waals surface area (Å²) in [4.78, 5) is 28.1. The highest BCUT2D eigenvalue weighted by molar-refractivity contribution is 5.88. The van der Waals surface area contributed by atoms with Gasteiger partial charge in [0.15, 0.2) is 0 Å². The van der Waals surface area contributed by atoms with Crippen molar-refractivity contribution in [3.05, 3.63) is 65.2 Å². The summed E-state index contributed by atoms with van der Waals surface area (Å²) < 4.78 is 5.33. The minimum Gasteiger partial charge on any atom is -0.497 e. The van der Waals surface area contributed by atoms with Gasteiger partial charge in [0.25, 0.3) is 0 Å². The van der Waals surface area contributed by atoms with E-state index in [1.807, 2.05) is 76.2 Å². The molecular formula is C25H34N2O3. The van der Waals surface area contributed by atoms with Crippen molar-refractivity contribution in [1.82, 2.24) is 10.2 Å². The van der Waals surface area contributed by atoms with E-state index in [2.05, 4.69) is 5.32 Å². The van der Waals surface area contributed by atoms with Gasteiger partial charge in [-0.05, 0) is 55.5 Å². The van der Waals surface area contributed by atoms with Crippen molar-refractivity contribution in [3.8, 4) is 5.75 Å². The first kappa shape index (κ1) is 23.5. The van der Waals surface area contributed by atoms with E-state index in [0.29, 0.717) is 13.0 Å². The van der Waals surface area contributed by atoms with E-state index in [9.17, 15) is 9.59 Å². The molecule has 0 aromatic heterocycles. The van der Waals surface area contributed by atoms with E-state index < -0.39 is 6.04 Å². The Hall–Kier alpha value is -2.82. The molecule has 1 N–H and O–H groups in total. The molecule has 2 unspecified atom stereocenters. The number of carbonyl (C=O) groups is 2. The van der Waals surface area contributed by atoms with Crippen LogP contribution in [0.2, 0.25) is 0 Å². The number of ether oxygens (including phenoxy) is 1. The summed E-state index contributed by atoms with van der Waals surface area (Å²) in [5, 5.41) is 3.04. The van der Waals surface area contributed by atoms with Gasteiger partial charge in [0.1, 0.15) is 11.8 Å². The zero-order valence-corrected chi connectivity index (χ0v) is 18.8. The molecule has 2 aromatic rings. The number of nitrogens with one attached hydrogen (secondary N) is 1. The third-order valence-electron chi connectivity index (χ3n) is 5.48. The van der Waals surface area contributed by atoms with E-state index in [1.165, 1.54) is 0 Å². The fourth-order valence-corrected chi connectivity index (χ4v) is 3.40. The Labute approximate surface area is 180 Å². The van der Waals surface area contributed by atoms with Crippen molar-refractivity contribution in [2.45, 2.75) is 65.6 Å². The van der Waals surface area contributed by atoms with Gasteiger partial charge in [0.05, 0.1) is 13.5 Å². The molecule has 5 nitrogen and oxygen atoms in total. The topological polar surface area (TPSA) is 58.6 Å². The lowest BCUT2D eigenvalue weighted by molar-refractivity contribution is -0.141. The lowest BCUT2D eigenvalue weighted by Crippen LogP contribution is -2.51. The number of rotatable bonds is 10. The smallest absolute Gasteiger partial charge is 0.243 e. The van der Waals surface area contributed by atoms with Crippen LogP contribution in [0.25, 0.3) is 0 Å². The second-order valence-electron chi connectivity index (χ2n) is 7.72. The Bertz CT molecular complexity index is 850. The molecule has 2 rings (SSSR count). The predicted molar refractivity (Wildman–Crippen MR) is 120 cm³/mol. The first-order valence-corrected chi connectivity index (χ1v) is 10.7. The molecule has 0 fully saturated rings. The highest BCUT2D eigenvalue weighted by atomic mass is 16.5. The third-order valence-corrected chi connectivity index (χ3v) is 5.48. The minimum absolute atomic E-state index is 0.0572. The molecule has 0 radical (unpaired) electrons. The van der Waals surface area contributed by atoms with Gasteiger partial charge >= 0.3 is 0 Å². The van der Waals surface area contributed by atoms with Gasteiger partial charge in [-0.3, -0.25) is 9.59 Å². The summed E-state index contributed by atoms with van der Waals surface area (Å²) in [5.74, 6) is 0.571. The quantitative estimate of drug-likeness (QED) is 0.636. The molecule has 162 valence electrons. The minimum atomic E-state index is -0.526. The monoisotopic (exact) mass is 410 g/mol. The fourth-order valence-electron chi connectivity index (χ4n) is 3.40. The molecule has 0 heterocycles. The molecule has 30 heavy (non-hydrogen) atoms. The summed E-state index contributed by atoms with van der Waals surface area (Å²) in [6.07, 6.45) is 1.66. The van der Waals surface area contributed by atoms with Crippen molar-refractivity contribution >= 4 is 11.8 Å². The summed E-state index contributed by atoms with van der Waals surface area (Å²) in [6.45, 7) is 8.31. The highest BCUT2D eigenvalue weighted by Gasteiger charge is 2.29. The van der Waals surface area contributed by atoms with E-state index in [4.69, 9.17) is 4.74 Å². The van der Waals surface area contributed by atoms with Gasteiger partial charge in [-0.15, -0.1) is 0 Å². The van der Waals surface area contributed by atoms with Crippen LogP contribution in [-0.4, -0.2) is 35.9 Å². The lowest BCUT2D eigenvalue weighted by atomic mass is 10.0. The first-order chi connectivity index (χ1) is 14.4. The summed E-state index contributed by atoms with van der Waals surface area (Å²) in [7, 11) is 1.62. The number of hydrogen-bond donors (Lipinski definition) is 1. The average molecular weight is 411 g/mol. The molecule has 0 saturated carbocycles. The van der Waals surface area contributed by atoms with Crippen molar-refractivity contribution in [2.75, 3.05) is 7.11 Å². The molecule has 0 aliphatic rings. The van der Waals surface area contributed by atoms with Crippen LogP contribution in [0.4, 0.5) is 0 Å². The van der Waals surface area contributed by atoms with E-state index in [0.717, 1.165) is 28.9 Å². The van der Waals surface area contributed by atoms with Gasteiger partial charge in [-0.25, -0.2) is 0 Å². The number of nitrogens with zero attached hydrogens (tertiary/aromatic N) is 1. The standard InChI is InChI=1S/C25H34N2O3/c1-6-19(4)26-25(29)23(7-2)27(17-20-12-10-14-22(15-20)30-5)24(28)16-21-13-9-8-11-18(21)3/h8-15,19,23H,6-7,16-17H2,1-5H3,(H,26,29). The average Bonchev–Trinajstić information content (AvgIpc) is 2.75. The molecule has 0 aliphatic carbocycles. The van der Waals surface area contributed by atoms with Crippen LogP contribution in [0.5, 0.6) is 5.75 Å². The highest BCUT2D eigenvalue weighted by Crippen LogP contribution is 2.19. The Morgan fingerprint density at radius 3 is 2.43 bits per heavy atom. The normalized spacial score (nSPS) is 12.7. The van der Waals surface area contributed by atoms with E-state index >= 15 is 0 Å². The Morgan fingerprint density at radius 2 is 1.80 bits per heavy atom. The number of amides is 2. The van der Waals surface area contributed by atoms with Crippen LogP contribution >= 0.6 is 0 Å². The van der Waals surface area contributed by atoms with Crippen LogP contribution in [0.3, 0.4) is 0 Å². The van der Waals surface area contributed by atoms with Gasteiger partial charge in [0.2, 0.25) is 11.8 Å². The van der Waals surface area contributed by atoms with Crippen LogP contribution < -0.4 is 10.1 Å². The maximum Gasteiger partial charge on any atom is 0.243 e. The Morgan fingerprint density at radius 1 is 1.07 bits per heavy atom. The van der Waals surface area contributed by atoms with E-state index in [-0.39, 0.29) is 24.3 Å². The number of methoxy groups -OCH3 is 1. The molecule has 2 amide bonds. The Balaban J connectivity index is 2.33. The molecule has 0 spiro atoms. The van der Waals surface area contributed by atoms with E-state index in [1.54, 1.807) is 12.0 Å². The van der Waals surface area contributed by atoms with Gasteiger partial charge in [-0.2, -0.15) is 0 Å². The maximum atomic E-state index is 13.4. The molecule has 2 atom stereocenters. The van der Waals surface area contributed by atoms with Crippen molar-refractivity contribution in [3.63, 3.8) is 0 Å². The summed E-state index contributed by atoms with van der Waals surface area (Å²) in [5.41, 5.74) is 2.99.